The second kappa shape index (κ2) is 7.59. The molecular weight excluding hydrogens is 387 g/mol. The highest BCUT2D eigenvalue weighted by atomic mass is 32.2. The van der Waals surface area contributed by atoms with E-state index < -0.39 is 18.6 Å². The lowest BCUT2D eigenvalue weighted by Gasteiger charge is -2.12. The standard InChI is InChI=1S/C16H18F3N3O2S2/c1-2-22-14(24)12-9-5-3-4-6-10(9)26-13(12)21-15(22)25-7-11(23)20-8-16(17,18)19/h2-8H2,1H3,(H,20,23). The molecule has 0 saturated carbocycles. The van der Waals surface area contributed by atoms with Gasteiger partial charge >= 0.3 is 6.18 Å². The third kappa shape index (κ3) is 4.06. The number of carbonyl (C=O) groups excluding carboxylic acids is 1. The summed E-state index contributed by atoms with van der Waals surface area (Å²) in [5.41, 5.74) is 0.963. The lowest BCUT2D eigenvalue weighted by Crippen LogP contribution is -2.35. The number of amides is 1. The molecule has 0 atom stereocenters. The van der Waals surface area contributed by atoms with E-state index in [4.69, 9.17) is 0 Å². The highest BCUT2D eigenvalue weighted by Crippen LogP contribution is 2.34. The van der Waals surface area contributed by atoms with Gasteiger partial charge in [0.25, 0.3) is 5.56 Å². The first-order valence-corrected chi connectivity index (χ1v) is 10.1. The van der Waals surface area contributed by atoms with E-state index >= 15 is 0 Å². The van der Waals surface area contributed by atoms with Gasteiger partial charge in [-0.2, -0.15) is 13.2 Å². The molecule has 0 fully saturated rings. The minimum atomic E-state index is -4.45. The van der Waals surface area contributed by atoms with Gasteiger partial charge < -0.3 is 5.32 Å². The summed E-state index contributed by atoms with van der Waals surface area (Å²) in [6.45, 7) is 0.831. The molecule has 0 aromatic carbocycles. The summed E-state index contributed by atoms with van der Waals surface area (Å²) in [7, 11) is 0. The number of fused-ring (bicyclic) bond motifs is 3. The second-order valence-electron chi connectivity index (χ2n) is 6.02. The fourth-order valence-electron chi connectivity index (χ4n) is 2.99. The summed E-state index contributed by atoms with van der Waals surface area (Å²) < 4.78 is 38.0. The fourth-order valence-corrected chi connectivity index (χ4v) is 5.18. The number of halogens is 3. The van der Waals surface area contributed by atoms with Crippen LogP contribution in [0.3, 0.4) is 0 Å². The summed E-state index contributed by atoms with van der Waals surface area (Å²) in [5.74, 6) is -0.964. The van der Waals surface area contributed by atoms with Crippen LogP contribution in [0.2, 0.25) is 0 Å². The van der Waals surface area contributed by atoms with Crippen molar-refractivity contribution in [3.63, 3.8) is 0 Å². The third-order valence-corrected chi connectivity index (χ3v) is 6.34. The Labute approximate surface area is 156 Å². The van der Waals surface area contributed by atoms with E-state index in [0.29, 0.717) is 21.9 Å². The predicted octanol–water partition coefficient (Wildman–Crippen LogP) is 3.13. The Morgan fingerprint density at radius 2 is 2.08 bits per heavy atom. The average Bonchev–Trinajstić information content (AvgIpc) is 2.96. The van der Waals surface area contributed by atoms with Gasteiger partial charge in [-0.3, -0.25) is 14.2 Å². The van der Waals surface area contributed by atoms with Crippen LogP contribution in [0.15, 0.2) is 9.95 Å². The number of thioether (sulfide) groups is 1. The van der Waals surface area contributed by atoms with Crippen LogP contribution in [0.25, 0.3) is 10.2 Å². The number of hydrogen-bond donors (Lipinski definition) is 1. The maximum atomic E-state index is 12.9. The van der Waals surface area contributed by atoms with Gasteiger partial charge in [-0.15, -0.1) is 11.3 Å². The summed E-state index contributed by atoms with van der Waals surface area (Å²) >= 11 is 2.49. The van der Waals surface area contributed by atoms with Crippen LogP contribution >= 0.6 is 23.1 Å². The number of aromatic nitrogens is 2. The zero-order valence-electron chi connectivity index (χ0n) is 14.1. The molecule has 1 amide bonds. The first-order chi connectivity index (χ1) is 12.3. The van der Waals surface area contributed by atoms with Crippen LogP contribution < -0.4 is 10.9 Å². The summed E-state index contributed by atoms with van der Waals surface area (Å²) in [6, 6.07) is 0. The zero-order chi connectivity index (χ0) is 18.9. The Morgan fingerprint density at radius 1 is 1.35 bits per heavy atom. The Balaban J connectivity index is 1.84. The minimum Gasteiger partial charge on any atom is -0.346 e. The van der Waals surface area contributed by atoms with Crippen molar-refractivity contribution in [2.45, 2.75) is 50.5 Å². The number of alkyl halides is 3. The number of nitrogens with one attached hydrogen (secondary N) is 1. The van der Waals surface area contributed by atoms with Gasteiger partial charge in [0.2, 0.25) is 5.91 Å². The number of aryl methyl sites for hydroxylation is 2. The molecule has 0 radical (unpaired) electrons. The van der Waals surface area contributed by atoms with E-state index in [-0.39, 0.29) is 11.3 Å². The van der Waals surface area contributed by atoms with Crippen LogP contribution in [-0.2, 0) is 24.2 Å². The van der Waals surface area contributed by atoms with Crippen LogP contribution in [0, 0.1) is 0 Å². The molecule has 0 saturated heterocycles. The fraction of sp³-hybridized carbons (Fsp3) is 0.562. The number of nitrogens with zero attached hydrogens (tertiary/aromatic N) is 2. The van der Waals surface area contributed by atoms with Crippen LogP contribution in [0.4, 0.5) is 13.2 Å². The van der Waals surface area contributed by atoms with Crippen LogP contribution in [0.1, 0.15) is 30.2 Å². The maximum Gasteiger partial charge on any atom is 0.405 e. The number of rotatable bonds is 5. The molecule has 0 aliphatic heterocycles. The lowest BCUT2D eigenvalue weighted by molar-refractivity contribution is -0.136. The number of carbonyl (C=O) groups is 1. The Morgan fingerprint density at radius 3 is 2.77 bits per heavy atom. The molecule has 0 bridgehead atoms. The third-order valence-electron chi connectivity index (χ3n) is 4.17. The second-order valence-corrected chi connectivity index (χ2v) is 8.04. The molecule has 5 nitrogen and oxygen atoms in total. The largest absolute Gasteiger partial charge is 0.405 e. The van der Waals surface area contributed by atoms with Gasteiger partial charge in [-0.05, 0) is 38.2 Å². The quantitative estimate of drug-likeness (QED) is 0.613. The molecule has 1 N–H and O–H groups in total. The topological polar surface area (TPSA) is 64.0 Å². The van der Waals surface area contributed by atoms with E-state index in [9.17, 15) is 22.8 Å². The first-order valence-electron chi connectivity index (χ1n) is 8.31. The molecule has 3 rings (SSSR count). The van der Waals surface area contributed by atoms with E-state index in [1.54, 1.807) is 0 Å². The molecule has 10 heteroatoms. The molecule has 0 unspecified atom stereocenters. The van der Waals surface area contributed by atoms with Gasteiger partial charge in [0.05, 0.1) is 11.1 Å². The molecule has 2 heterocycles. The normalized spacial score (nSPS) is 14.5. The number of hydrogen-bond acceptors (Lipinski definition) is 5. The monoisotopic (exact) mass is 405 g/mol. The molecule has 1 aliphatic rings. The molecule has 142 valence electrons. The first kappa shape index (κ1) is 19.2. The Bertz CT molecular complexity index is 889. The smallest absolute Gasteiger partial charge is 0.346 e. The van der Waals surface area contributed by atoms with Gasteiger partial charge in [-0.25, -0.2) is 4.98 Å². The number of thiophene rings is 1. The van der Waals surface area contributed by atoms with Crippen LogP contribution in [0.5, 0.6) is 0 Å². The van der Waals surface area contributed by atoms with E-state index in [1.165, 1.54) is 20.8 Å². The summed E-state index contributed by atoms with van der Waals surface area (Å²) in [5, 5.41) is 2.86. The van der Waals surface area contributed by atoms with Crippen molar-refractivity contribution in [1.82, 2.24) is 14.9 Å². The van der Waals surface area contributed by atoms with Crippen molar-refractivity contribution in [3.05, 3.63) is 20.8 Å². The summed E-state index contributed by atoms with van der Waals surface area (Å²) in [6.07, 6.45) is -0.464. The van der Waals surface area contributed by atoms with Crippen molar-refractivity contribution in [2.75, 3.05) is 12.3 Å². The predicted molar refractivity (Wildman–Crippen MR) is 96.0 cm³/mol. The van der Waals surface area contributed by atoms with Gasteiger partial charge in [-0.1, -0.05) is 11.8 Å². The van der Waals surface area contributed by atoms with E-state index in [2.05, 4.69) is 4.98 Å². The van der Waals surface area contributed by atoms with Gasteiger partial charge in [0, 0.05) is 11.4 Å². The molecule has 2 aromatic rings. The SMILES string of the molecule is CCn1c(SCC(=O)NCC(F)(F)F)nc2sc3c(c2c1=O)CCCC3. The van der Waals surface area contributed by atoms with Crippen molar-refractivity contribution in [2.24, 2.45) is 0 Å². The van der Waals surface area contributed by atoms with E-state index in [1.807, 2.05) is 12.2 Å². The van der Waals surface area contributed by atoms with Crippen molar-refractivity contribution in [3.8, 4) is 0 Å². The van der Waals surface area contributed by atoms with Gasteiger partial charge in [0.1, 0.15) is 11.4 Å². The van der Waals surface area contributed by atoms with Crippen molar-refractivity contribution in [1.29, 1.82) is 0 Å². The average molecular weight is 405 g/mol. The molecular formula is C16H18F3N3O2S2. The Hall–Kier alpha value is -1.55. The minimum absolute atomic E-state index is 0.130. The maximum absolute atomic E-state index is 12.9. The van der Waals surface area contributed by atoms with Crippen molar-refractivity contribution >= 4 is 39.2 Å². The molecule has 2 aromatic heterocycles. The van der Waals surface area contributed by atoms with E-state index in [0.717, 1.165) is 43.0 Å². The van der Waals surface area contributed by atoms with Crippen LogP contribution in [-0.4, -0.2) is 33.9 Å². The lowest BCUT2D eigenvalue weighted by atomic mass is 9.97. The Kier molecular flexibility index (Phi) is 5.61. The van der Waals surface area contributed by atoms with Crippen molar-refractivity contribution < 1.29 is 18.0 Å². The zero-order valence-corrected chi connectivity index (χ0v) is 15.7. The highest BCUT2D eigenvalue weighted by Gasteiger charge is 2.28. The molecule has 0 spiro atoms. The summed E-state index contributed by atoms with van der Waals surface area (Å²) in [4.78, 5) is 30.9. The molecule has 26 heavy (non-hydrogen) atoms. The highest BCUT2D eigenvalue weighted by molar-refractivity contribution is 7.99. The molecule has 1 aliphatic carbocycles. The van der Waals surface area contributed by atoms with Gasteiger partial charge in [0.15, 0.2) is 5.16 Å².